The van der Waals surface area contributed by atoms with E-state index in [9.17, 15) is 0 Å². The van der Waals surface area contributed by atoms with Gasteiger partial charge in [0.2, 0.25) is 5.95 Å². The Morgan fingerprint density at radius 1 is 1.18 bits per heavy atom. The molecule has 4 rings (SSSR count). The quantitative estimate of drug-likeness (QED) is 0.731. The Balaban J connectivity index is 1.37. The van der Waals surface area contributed by atoms with Crippen molar-refractivity contribution in [3.63, 3.8) is 0 Å². The van der Waals surface area contributed by atoms with E-state index in [0.29, 0.717) is 23.3 Å². The number of rotatable bonds is 6. The van der Waals surface area contributed by atoms with Gasteiger partial charge >= 0.3 is 0 Å². The Hall–Kier alpha value is -2.05. The maximum absolute atomic E-state index is 6.24. The fourth-order valence-electron chi connectivity index (χ4n) is 3.72. The summed E-state index contributed by atoms with van der Waals surface area (Å²) in [5.41, 5.74) is 2.23. The zero-order valence-electron chi connectivity index (χ0n) is 16.3. The molecule has 1 aromatic carbocycles. The smallest absolute Gasteiger partial charge is 0.229 e. The molecule has 0 aliphatic carbocycles. The second-order valence-electron chi connectivity index (χ2n) is 7.75. The van der Waals surface area contributed by atoms with Gasteiger partial charge in [-0.05, 0) is 55.9 Å². The molecule has 0 bridgehead atoms. The molecule has 2 saturated heterocycles. The maximum Gasteiger partial charge on any atom is 0.229 e. The van der Waals surface area contributed by atoms with Gasteiger partial charge in [0.25, 0.3) is 0 Å². The van der Waals surface area contributed by atoms with Crippen molar-refractivity contribution in [3.8, 4) is 0 Å². The van der Waals surface area contributed by atoms with Crippen molar-refractivity contribution >= 4 is 34.7 Å². The Kier molecular flexibility index (Phi) is 6.17. The molecule has 3 heterocycles. The number of hydrogen-bond donors (Lipinski definition) is 2. The molecule has 0 radical (unpaired) electrons. The van der Waals surface area contributed by atoms with E-state index in [1.807, 2.05) is 0 Å². The summed E-state index contributed by atoms with van der Waals surface area (Å²) < 4.78 is 5.64. The lowest BCUT2D eigenvalue weighted by atomic mass is 9.99. The van der Waals surface area contributed by atoms with E-state index in [-0.39, 0.29) is 6.10 Å². The molecule has 0 spiro atoms. The number of ether oxygens (including phenoxy) is 1. The van der Waals surface area contributed by atoms with Crippen molar-refractivity contribution in [3.05, 3.63) is 35.5 Å². The zero-order valence-corrected chi connectivity index (χ0v) is 17.1. The molecule has 7 heteroatoms. The van der Waals surface area contributed by atoms with E-state index in [4.69, 9.17) is 16.3 Å². The normalized spacial score (nSPS) is 20.4. The minimum Gasteiger partial charge on any atom is -0.376 e. The van der Waals surface area contributed by atoms with Gasteiger partial charge in [-0.15, -0.1) is 0 Å². The average Bonchev–Trinajstić information content (AvgIpc) is 3.23. The van der Waals surface area contributed by atoms with Crippen molar-refractivity contribution in [2.45, 2.75) is 38.7 Å². The molecular formula is C21H28ClN5O. The van der Waals surface area contributed by atoms with Gasteiger partial charge in [-0.25, -0.2) is 4.98 Å². The first kappa shape index (κ1) is 19.3. The molecule has 2 N–H and O–H groups in total. The third-order valence-electron chi connectivity index (χ3n) is 5.54. The lowest BCUT2D eigenvalue weighted by Crippen LogP contribution is -2.32. The van der Waals surface area contributed by atoms with Gasteiger partial charge in [0, 0.05) is 37.6 Å². The summed E-state index contributed by atoms with van der Waals surface area (Å²) in [5.74, 6) is 2.00. The van der Waals surface area contributed by atoms with Crippen LogP contribution >= 0.6 is 11.6 Å². The zero-order chi connectivity index (χ0) is 19.3. The Morgan fingerprint density at radius 2 is 1.96 bits per heavy atom. The summed E-state index contributed by atoms with van der Waals surface area (Å²) in [6.45, 7) is 6.14. The topological polar surface area (TPSA) is 62.3 Å². The molecule has 6 nitrogen and oxygen atoms in total. The predicted octanol–water partition coefficient (Wildman–Crippen LogP) is 4.70. The monoisotopic (exact) mass is 401 g/mol. The number of aromatic nitrogens is 2. The Bertz CT molecular complexity index is 771. The average molecular weight is 402 g/mol. The molecular weight excluding hydrogens is 374 g/mol. The molecule has 2 fully saturated rings. The third kappa shape index (κ3) is 4.86. The van der Waals surface area contributed by atoms with Crippen LogP contribution in [0.1, 0.15) is 32.6 Å². The van der Waals surface area contributed by atoms with Crippen LogP contribution in [0.15, 0.2) is 30.5 Å². The van der Waals surface area contributed by atoms with E-state index in [2.05, 4.69) is 56.7 Å². The molecule has 1 aromatic heterocycles. The number of piperidine rings is 1. The second kappa shape index (κ2) is 8.97. The summed E-state index contributed by atoms with van der Waals surface area (Å²) in [7, 11) is 0. The highest BCUT2D eigenvalue weighted by Crippen LogP contribution is 2.26. The van der Waals surface area contributed by atoms with E-state index in [0.717, 1.165) is 44.1 Å². The number of hydrogen-bond acceptors (Lipinski definition) is 6. The number of nitrogens with one attached hydrogen (secondary N) is 2. The van der Waals surface area contributed by atoms with Crippen molar-refractivity contribution in [1.82, 2.24) is 9.97 Å². The SMILES string of the molecule is CC1CCN(c2ccc(Nc3ncc(Cl)c(NC[C@@H]4CCCO4)n3)cc2)CC1. The molecule has 2 aliphatic rings. The highest BCUT2D eigenvalue weighted by atomic mass is 35.5. The third-order valence-corrected chi connectivity index (χ3v) is 5.81. The van der Waals surface area contributed by atoms with Gasteiger partial charge in [-0.2, -0.15) is 4.98 Å². The summed E-state index contributed by atoms with van der Waals surface area (Å²) in [6, 6.07) is 8.46. The fraction of sp³-hybridized carbons (Fsp3) is 0.524. The highest BCUT2D eigenvalue weighted by molar-refractivity contribution is 6.32. The molecule has 2 aromatic rings. The van der Waals surface area contributed by atoms with Crippen LogP contribution in [0.4, 0.5) is 23.1 Å². The fourth-order valence-corrected chi connectivity index (χ4v) is 3.88. The van der Waals surface area contributed by atoms with Crippen molar-refractivity contribution in [1.29, 1.82) is 0 Å². The first-order valence-electron chi connectivity index (χ1n) is 10.2. The van der Waals surface area contributed by atoms with Crippen LogP contribution in [0.25, 0.3) is 0 Å². The number of halogens is 1. The van der Waals surface area contributed by atoms with Crippen LogP contribution in [0.2, 0.25) is 5.02 Å². The molecule has 0 amide bonds. The second-order valence-corrected chi connectivity index (χ2v) is 8.15. The summed E-state index contributed by atoms with van der Waals surface area (Å²) in [6.07, 6.45) is 6.57. The van der Waals surface area contributed by atoms with E-state index in [1.54, 1.807) is 6.20 Å². The van der Waals surface area contributed by atoms with Gasteiger partial charge < -0.3 is 20.3 Å². The van der Waals surface area contributed by atoms with E-state index in [1.165, 1.54) is 18.5 Å². The minimum absolute atomic E-state index is 0.229. The number of anilines is 4. The molecule has 150 valence electrons. The number of benzene rings is 1. The van der Waals surface area contributed by atoms with Crippen LogP contribution in [0.5, 0.6) is 0 Å². The Morgan fingerprint density at radius 3 is 2.68 bits per heavy atom. The van der Waals surface area contributed by atoms with Gasteiger partial charge in [0.1, 0.15) is 5.02 Å². The lowest BCUT2D eigenvalue weighted by molar-refractivity contribution is 0.120. The summed E-state index contributed by atoms with van der Waals surface area (Å²) in [5, 5.41) is 7.06. The minimum atomic E-state index is 0.229. The highest BCUT2D eigenvalue weighted by Gasteiger charge is 2.17. The van der Waals surface area contributed by atoms with Crippen LogP contribution in [0.3, 0.4) is 0 Å². The van der Waals surface area contributed by atoms with Crippen molar-refractivity contribution in [2.24, 2.45) is 5.92 Å². The van der Waals surface area contributed by atoms with Crippen molar-refractivity contribution < 1.29 is 4.74 Å². The first-order valence-corrected chi connectivity index (χ1v) is 10.6. The molecule has 0 saturated carbocycles. The first-order chi connectivity index (χ1) is 13.7. The van der Waals surface area contributed by atoms with Gasteiger partial charge in [-0.3, -0.25) is 0 Å². The molecule has 1 atom stereocenters. The van der Waals surface area contributed by atoms with Crippen LogP contribution < -0.4 is 15.5 Å². The van der Waals surface area contributed by atoms with Crippen LogP contribution in [-0.4, -0.2) is 42.3 Å². The van der Waals surface area contributed by atoms with E-state index < -0.39 is 0 Å². The largest absolute Gasteiger partial charge is 0.376 e. The van der Waals surface area contributed by atoms with Crippen LogP contribution in [0, 0.1) is 5.92 Å². The standard InChI is InChI=1S/C21H28ClN5O/c1-15-8-10-27(11-9-15)17-6-4-16(5-7-17)25-21-24-14-19(22)20(26-21)23-13-18-3-2-12-28-18/h4-7,14-15,18H,2-3,8-13H2,1H3,(H2,23,24,25,26)/t18-/m0/s1. The summed E-state index contributed by atoms with van der Waals surface area (Å²) in [4.78, 5) is 11.3. The maximum atomic E-state index is 6.24. The van der Waals surface area contributed by atoms with Gasteiger partial charge in [0.15, 0.2) is 5.82 Å². The van der Waals surface area contributed by atoms with Crippen LogP contribution in [-0.2, 0) is 4.74 Å². The predicted molar refractivity (Wildman–Crippen MR) is 115 cm³/mol. The van der Waals surface area contributed by atoms with Gasteiger partial charge in [0.05, 0.1) is 12.3 Å². The van der Waals surface area contributed by atoms with Crippen molar-refractivity contribution in [2.75, 3.05) is 41.8 Å². The number of nitrogens with zero attached hydrogens (tertiary/aromatic N) is 3. The van der Waals surface area contributed by atoms with E-state index >= 15 is 0 Å². The summed E-state index contributed by atoms with van der Waals surface area (Å²) >= 11 is 6.24. The molecule has 28 heavy (non-hydrogen) atoms. The Labute approximate surface area is 171 Å². The van der Waals surface area contributed by atoms with Gasteiger partial charge in [-0.1, -0.05) is 18.5 Å². The molecule has 2 aliphatic heterocycles. The lowest BCUT2D eigenvalue weighted by Gasteiger charge is -2.32. The molecule has 0 unspecified atom stereocenters.